The molecule has 0 radical (unpaired) electrons. The number of benzene rings is 1. The maximum absolute atomic E-state index is 13.0. The number of allylic oxidation sites excluding steroid dienone is 2. The van der Waals surface area contributed by atoms with Gasteiger partial charge in [-0.1, -0.05) is 68.7 Å². The second kappa shape index (κ2) is 14.6. The highest BCUT2D eigenvalue weighted by molar-refractivity contribution is 6.76. The van der Waals surface area contributed by atoms with Crippen LogP contribution in [0.1, 0.15) is 49.4 Å². The van der Waals surface area contributed by atoms with Crippen molar-refractivity contribution in [3.05, 3.63) is 79.3 Å². The molecular weight excluding hydrogens is 508 g/mol. The molecule has 9 heteroatoms. The first kappa shape index (κ1) is 31.8. The molecular formula is C30H44N4O4Si. The van der Waals surface area contributed by atoms with Crippen LogP contribution in [0.25, 0.3) is 11.3 Å². The topological polar surface area (TPSA) is 94.5 Å². The number of nitrogens with one attached hydrogen (secondary N) is 2. The highest BCUT2D eigenvalue weighted by Gasteiger charge is 2.25. The average Bonchev–Trinajstić information content (AvgIpc) is 3.26. The normalized spacial score (nSPS) is 12.7. The Morgan fingerprint density at radius 2 is 1.90 bits per heavy atom. The van der Waals surface area contributed by atoms with Crippen molar-refractivity contribution in [1.82, 2.24) is 20.2 Å². The number of hydrogen-bond acceptors (Lipinski definition) is 5. The number of carbonyl (C=O) groups is 2. The predicted molar refractivity (Wildman–Crippen MR) is 160 cm³/mol. The van der Waals surface area contributed by atoms with Crippen LogP contribution in [0, 0.1) is 0 Å². The molecule has 0 saturated carbocycles. The van der Waals surface area contributed by atoms with Crippen LogP contribution in [0.5, 0.6) is 0 Å². The van der Waals surface area contributed by atoms with Crippen molar-refractivity contribution >= 4 is 20.1 Å². The Balaban J connectivity index is 2.44. The molecule has 1 atom stereocenters. The van der Waals surface area contributed by atoms with Gasteiger partial charge >= 0.3 is 6.09 Å². The molecule has 0 fully saturated rings. The Labute approximate surface area is 234 Å². The third-order valence-corrected chi connectivity index (χ3v) is 7.24. The SMILES string of the molecule is C=C/C=C\CNC(=O)c1ccccc1-c1cn(COCC[Si](C)(C)C)c([C@H](CC=C)NC(=O)OC(C)(C)C)n1. The number of hydrogen-bond donors (Lipinski definition) is 2. The van der Waals surface area contributed by atoms with Gasteiger partial charge in [0, 0.05) is 38.5 Å². The number of rotatable bonds is 14. The van der Waals surface area contributed by atoms with E-state index in [9.17, 15) is 9.59 Å². The van der Waals surface area contributed by atoms with E-state index in [4.69, 9.17) is 14.5 Å². The number of nitrogens with zero attached hydrogens (tertiary/aromatic N) is 2. The Bertz CT molecular complexity index is 1160. The molecule has 8 nitrogen and oxygen atoms in total. The quantitative estimate of drug-likeness (QED) is 0.121. The molecule has 0 saturated heterocycles. The summed E-state index contributed by atoms with van der Waals surface area (Å²) in [6.45, 7) is 21.1. The first-order valence-corrected chi connectivity index (χ1v) is 17.0. The fraction of sp³-hybridized carbons (Fsp3) is 0.433. The molecule has 0 spiro atoms. The third-order valence-electron chi connectivity index (χ3n) is 5.54. The molecule has 0 bridgehead atoms. The maximum Gasteiger partial charge on any atom is 0.408 e. The van der Waals surface area contributed by atoms with Crippen LogP contribution in [0.3, 0.4) is 0 Å². The van der Waals surface area contributed by atoms with Gasteiger partial charge in [-0.2, -0.15) is 0 Å². The molecule has 39 heavy (non-hydrogen) atoms. The minimum atomic E-state index is -1.26. The lowest BCUT2D eigenvalue weighted by molar-refractivity contribution is 0.0492. The lowest BCUT2D eigenvalue weighted by Crippen LogP contribution is -2.36. The second-order valence-electron chi connectivity index (χ2n) is 11.4. The Morgan fingerprint density at radius 1 is 1.18 bits per heavy atom. The fourth-order valence-electron chi connectivity index (χ4n) is 3.64. The van der Waals surface area contributed by atoms with Crippen LogP contribution in [-0.4, -0.2) is 48.4 Å². The molecule has 1 aromatic carbocycles. The molecule has 0 aliphatic carbocycles. The average molecular weight is 553 g/mol. The summed E-state index contributed by atoms with van der Waals surface area (Å²) in [6.07, 6.45) is 8.73. The standard InChI is InChI=1S/C30H44N4O4Si/c1-9-11-14-18-31-28(35)24-17-13-12-16-23(24)26-21-34(22-37-19-20-39(6,7)8)27(32-26)25(15-10-2)33-29(36)38-30(3,4)5/h9-14,16-17,21,25H,1-2,15,18-20,22H2,3-8H3,(H,31,35)(H,33,36)/b14-11-/t25-/m0/s1. The first-order chi connectivity index (χ1) is 18.3. The van der Waals surface area contributed by atoms with Crippen molar-refractivity contribution < 1.29 is 19.1 Å². The molecule has 2 rings (SSSR count). The molecule has 2 N–H and O–H groups in total. The van der Waals surface area contributed by atoms with Crippen molar-refractivity contribution in [2.45, 2.75) is 71.3 Å². The second-order valence-corrected chi connectivity index (χ2v) is 17.1. The molecule has 1 heterocycles. The number of aromatic nitrogens is 2. The highest BCUT2D eigenvalue weighted by atomic mass is 28.3. The minimum absolute atomic E-state index is 0.212. The highest BCUT2D eigenvalue weighted by Crippen LogP contribution is 2.27. The summed E-state index contributed by atoms with van der Waals surface area (Å²) in [5, 5.41) is 5.82. The summed E-state index contributed by atoms with van der Waals surface area (Å²) in [5.41, 5.74) is 1.14. The number of alkyl carbamates (subject to hydrolysis) is 1. The summed E-state index contributed by atoms with van der Waals surface area (Å²) in [4.78, 5) is 30.6. The van der Waals surface area contributed by atoms with Crippen molar-refractivity contribution in [3.8, 4) is 11.3 Å². The summed E-state index contributed by atoms with van der Waals surface area (Å²) in [6, 6.07) is 7.84. The van der Waals surface area contributed by atoms with Crippen molar-refractivity contribution in [2.24, 2.45) is 0 Å². The van der Waals surface area contributed by atoms with Crippen LogP contribution in [0.2, 0.25) is 25.7 Å². The van der Waals surface area contributed by atoms with Gasteiger partial charge in [0.05, 0.1) is 11.7 Å². The smallest absolute Gasteiger partial charge is 0.408 e. The van der Waals surface area contributed by atoms with E-state index in [-0.39, 0.29) is 12.6 Å². The summed E-state index contributed by atoms with van der Waals surface area (Å²) in [5.74, 6) is 0.379. The van der Waals surface area contributed by atoms with Gasteiger partial charge in [0.25, 0.3) is 5.91 Å². The largest absolute Gasteiger partial charge is 0.444 e. The van der Waals surface area contributed by atoms with Crippen LogP contribution in [-0.2, 0) is 16.2 Å². The van der Waals surface area contributed by atoms with Crippen molar-refractivity contribution in [1.29, 1.82) is 0 Å². The number of ether oxygens (including phenoxy) is 2. The van der Waals surface area contributed by atoms with Gasteiger partial charge < -0.3 is 24.7 Å². The van der Waals surface area contributed by atoms with Crippen LogP contribution >= 0.6 is 0 Å². The predicted octanol–water partition coefficient (Wildman–Crippen LogP) is 6.48. The van der Waals surface area contributed by atoms with E-state index >= 15 is 0 Å². The van der Waals surface area contributed by atoms with Crippen molar-refractivity contribution in [3.63, 3.8) is 0 Å². The van der Waals surface area contributed by atoms with E-state index in [0.29, 0.717) is 42.2 Å². The van der Waals surface area contributed by atoms with Crippen LogP contribution < -0.4 is 10.6 Å². The zero-order chi connectivity index (χ0) is 29.1. The number of amides is 2. The minimum Gasteiger partial charge on any atom is -0.444 e. The van der Waals surface area contributed by atoms with Gasteiger partial charge in [-0.05, 0) is 39.3 Å². The van der Waals surface area contributed by atoms with Crippen LogP contribution in [0.4, 0.5) is 4.79 Å². The van der Waals surface area contributed by atoms with Crippen LogP contribution in [0.15, 0.2) is 67.9 Å². The molecule has 2 amide bonds. The van der Waals surface area contributed by atoms with Gasteiger partial charge in [-0.25, -0.2) is 9.78 Å². The molecule has 0 aliphatic heterocycles. The monoisotopic (exact) mass is 552 g/mol. The fourth-order valence-corrected chi connectivity index (χ4v) is 4.40. The summed E-state index contributed by atoms with van der Waals surface area (Å²) < 4.78 is 13.4. The van der Waals surface area contributed by atoms with E-state index in [1.165, 1.54) is 0 Å². The Morgan fingerprint density at radius 3 is 2.54 bits per heavy atom. The zero-order valence-electron chi connectivity index (χ0n) is 24.3. The zero-order valence-corrected chi connectivity index (χ0v) is 25.3. The molecule has 0 aliphatic rings. The van der Waals surface area contributed by atoms with E-state index in [2.05, 4.69) is 43.4 Å². The van der Waals surface area contributed by atoms with E-state index in [1.807, 2.05) is 55.8 Å². The maximum atomic E-state index is 13.0. The lowest BCUT2D eigenvalue weighted by Gasteiger charge is -2.23. The van der Waals surface area contributed by atoms with E-state index in [1.54, 1.807) is 24.3 Å². The number of carbonyl (C=O) groups excluding carboxylic acids is 2. The van der Waals surface area contributed by atoms with Crippen molar-refractivity contribution in [2.75, 3.05) is 13.2 Å². The molecule has 212 valence electrons. The molecule has 2 aromatic rings. The Kier molecular flexibility index (Phi) is 11.9. The molecule has 1 aromatic heterocycles. The van der Waals surface area contributed by atoms with Gasteiger partial charge in [0.2, 0.25) is 0 Å². The van der Waals surface area contributed by atoms with Gasteiger partial charge in [-0.15, -0.1) is 6.58 Å². The van der Waals surface area contributed by atoms with E-state index in [0.717, 1.165) is 6.04 Å². The third kappa shape index (κ3) is 11.1. The first-order valence-electron chi connectivity index (χ1n) is 13.2. The number of imidazole rings is 1. The lowest BCUT2D eigenvalue weighted by atomic mass is 10.0. The van der Waals surface area contributed by atoms with Gasteiger partial charge in [0.15, 0.2) is 0 Å². The van der Waals surface area contributed by atoms with Gasteiger partial charge in [0.1, 0.15) is 18.2 Å². The van der Waals surface area contributed by atoms with E-state index < -0.39 is 25.8 Å². The summed E-state index contributed by atoms with van der Waals surface area (Å²) in [7, 11) is -1.26. The van der Waals surface area contributed by atoms with Gasteiger partial charge in [-0.3, -0.25) is 4.79 Å². The summed E-state index contributed by atoms with van der Waals surface area (Å²) >= 11 is 0. The molecule has 0 unspecified atom stereocenters. The Hall–Kier alpha value is -3.43.